The molecule has 156 valence electrons. The Labute approximate surface area is 186 Å². The Morgan fingerprint density at radius 3 is 2.31 bits per heavy atom. The number of benzene rings is 2. The summed E-state index contributed by atoms with van der Waals surface area (Å²) in [5.74, 6) is 0.958. The van der Waals surface area contributed by atoms with Crippen LogP contribution in [0.1, 0.15) is 38.3 Å². The van der Waals surface area contributed by atoms with E-state index in [9.17, 15) is 9.59 Å². The quantitative estimate of drug-likeness (QED) is 0.523. The second-order valence-corrected chi connectivity index (χ2v) is 9.02. The molecule has 0 aliphatic carbocycles. The van der Waals surface area contributed by atoms with E-state index in [-0.39, 0.29) is 17.9 Å². The highest BCUT2D eigenvalue weighted by Crippen LogP contribution is 2.18. The van der Waals surface area contributed by atoms with E-state index in [1.165, 1.54) is 5.56 Å². The van der Waals surface area contributed by atoms with Gasteiger partial charge in [0.2, 0.25) is 11.8 Å². The number of carbonyl (C=O) groups is 2. The van der Waals surface area contributed by atoms with Crippen LogP contribution >= 0.6 is 27.7 Å². The SMILES string of the molecule is CC[C@@H](C)NC(=O)[C@@H](C)N(Cc1ccccc1)C(=O)CSCc1ccc(Br)cc1. The van der Waals surface area contributed by atoms with Gasteiger partial charge in [0, 0.05) is 22.8 Å². The highest BCUT2D eigenvalue weighted by Gasteiger charge is 2.26. The van der Waals surface area contributed by atoms with E-state index in [1.54, 1.807) is 23.6 Å². The van der Waals surface area contributed by atoms with Crippen LogP contribution in [0, 0.1) is 0 Å². The molecular weight excluding hydrogens is 448 g/mol. The maximum absolute atomic E-state index is 13.0. The predicted octanol–water partition coefficient (Wildman–Crippen LogP) is 5.01. The summed E-state index contributed by atoms with van der Waals surface area (Å²) >= 11 is 5.00. The Bertz CT molecular complexity index is 783. The Hall–Kier alpha value is -1.79. The van der Waals surface area contributed by atoms with Crippen molar-refractivity contribution in [2.75, 3.05) is 5.75 Å². The van der Waals surface area contributed by atoms with Crippen molar-refractivity contribution in [1.82, 2.24) is 10.2 Å². The van der Waals surface area contributed by atoms with Gasteiger partial charge >= 0.3 is 0 Å². The van der Waals surface area contributed by atoms with Crippen molar-refractivity contribution in [3.05, 3.63) is 70.2 Å². The number of amides is 2. The van der Waals surface area contributed by atoms with E-state index in [0.717, 1.165) is 22.2 Å². The third-order valence-electron chi connectivity index (χ3n) is 4.77. The van der Waals surface area contributed by atoms with E-state index >= 15 is 0 Å². The topological polar surface area (TPSA) is 49.4 Å². The summed E-state index contributed by atoms with van der Waals surface area (Å²) in [6.07, 6.45) is 0.855. The predicted molar refractivity (Wildman–Crippen MR) is 125 cm³/mol. The zero-order valence-corrected chi connectivity index (χ0v) is 19.6. The lowest BCUT2D eigenvalue weighted by Crippen LogP contribution is -2.50. The van der Waals surface area contributed by atoms with E-state index in [4.69, 9.17) is 0 Å². The number of carbonyl (C=O) groups excluding carboxylic acids is 2. The minimum Gasteiger partial charge on any atom is -0.352 e. The summed E-state index contributed by atoms with van der Waals surface area (Å²) in [5.41, 5.74) is 2.19. The number of halogens is 1. The fourth-order valence-electron chi connectivity index (χ4n) is 2.75. The number of hydrogen-bond donors (Lipinski definition) is 1. The number of nitrogens with zero attached hydrogens (tertiary/aromatic N) is 1. The molecule has 0 aromatic heterocycles. The van der Waals surface area contributed by atoms with Crippen molar-refractivity contribution in [1.29, 1.82) is 0 Å². The average molecular weight is 477 g/mol. The minimum absolute atomic E-state index is 0.0252. The van der Waals surface area contributed by atoms with Gasteiger partial charge in [-0.05, 0) is 43.5 Å². The molecule has 6 heteroatoms. The van der Waals surface area contributed by atoms with Gasteiger partial charge < -0.3 is 10.2 Å². The average Bonchev–Trinajstić information content (AvgIpc) is 2.73. The van der Waals surface area contributed by atoms with Crippen LogP contribution in [0.3, 0.4) is 0 Å². The maximum atomic E-state index is 13.0. The summed E-state index contributed by atoms with van der Waals surface area (Å²) in [4.78, 5) is 27.4. The lowest BCUT2D eigenvalue weighted by Gasteiger charge is -2.29. The van der Waals surface area contributed by atoms with Crippen LogP contribution < -0.4 is 5.32 Å². The molecule has 0 aliphatic heterocycles. The fourth-order valence-corrected chi connectivity index (χ4v) is 3.88. The summed E-state index contributed by atoms with van der Waals surface area (Å²) < 4.78 is 1.04. The first kappa shape index (κ1) is 23.5. The van der Waals surface area contributed by atoms with Crippen molar-refractivity contribution in [2.45, 2.75) is 51.6 Å². The van der Waals surface area contributed by atoms with E-state index in [1.807, 2.05) is 68.4 Å². The molecule has 4 nitrogen and oxygen atoms in total. The Balaban J connectivity index is 2.03. The first-order chi connectivity index (χ1) is 13.9. The van der Waals surface area contributed by atoms with Gasteiger partial charge in [0.1, 0.15) is 6.04 Å². The van der Waals surface area contributed by atoms with Gasteiger partial charge in [-0.3, -0.25) is 9.59 Å². The highest BCUT2D eigenvalue weighted by molar-refractivity contribution is 9.10. The molecule has 0 radical (unpaired) electrons. The molecule has 2 rings (SSSR count). The first-order valence-electron chi connectivity index (χ1n) is 9.86. The lowest BCUT2D eigenvalue weighted by atomic mass is 10.1. The first-order valence-corrected chi connectivity index (χ1v) is 11.8. The number of thioether (sulfide) groups is 1. The van der Waals surface area contributed by atoms with Gasteiger partial charge in [-0.2, -0.15) is 0 Å². The summed E-state index contributed by atoms with van der Waals surface area (Å²) in [5, 5.41) is 2.99. The Kier molecular flexibility index (Phi) is 9.74. The lowest BCUT2D eigenvalue weighted by molar-refractivity contribution is -0.138. The smallest absolute Gasteiger partial charge is 0.242 e. The molecule has 0 fully saturated rings. The summed E-state index contributed by atoms with van der Waals surface area (Å²) in [6, 6.07) is 17.5. The second kappa shape index (κ2) is 12.0. The molecule has 2 aromatic carbocycles. The molecular formula is C23H29BrN2O2S. The van der Waals surface area contributed by atoms with Crippen LogP contribution in [0.2, 0.25) is 0 Å². The van der Waals surface area contributed by atoms with Gasteiger partial charge in [0.05, 0.1) is 5.75 Å². The molecule has 2 amide bonds. The molecule has 0 saturated carbocycles. The van der Waals surface area contributed by atoms with Crippen molar-refractivity contribution in [2.24, 2.45) is 0 Å². The normalized spacial score (nSPS) is 12.8. The molecule has 0 aliphatic rings. The molecule has 0 spiro atoms. The highest BCUT2D eigenvalue weighted by atomic mass is 79.9. The largest absolute Gasteiger partial charge is 0.352 e. The Morgan fingerprint density at radius 2 is 1.69 bits per heavy atom. The van der Waals surface area contributed by atoms with Crippen LogP contribution in [-0.4, -0.2) is 34.6 Å². The zero-order valence-electron chi connectivity index (χ0n) is 17.2. The van der Waals surface area contributed by atoms with E-state index in [0.29, 0.717) is 12.3 Å². The second-order valence-electron chi connectivity index (χ2n) is 7.12. The zero-order chi connectivity index (χ0) is 21.2. The van der Waals surface area contributed by atoms with E-state index < -0.39 is 6.04 Å². The third-order valence-corrected chi connectivity index (χ3v) is 6.29. The molecule has 29 heavy (non-hydrogen) atoms. The van der Waals surface area contributed by atoms with Crippen LogP contribution in [0.4, 0.5) is 0 Å². The van der Waals surface area contributed by atoms with E-state index in [2.05, 4.69) is 21.2 Å². The summed E-state index contributed by atoms with van der Waals surface area (Å²) in [7, 11) is 0. The van der Waals surface area contributed by atoms with Crippen molar-refractivity contribution in [3.63, 3.8) is 0 Å². The Morgan fingerprint density at radius 1 is 1.03 bits per heavy atom. The molecule has 0 bridgehead atoms. The minimum atomic E-state index is -0.523. The van der Waals surface area contributed by atoms with Crippen molar-refractivity contribution >= 4 is 39.5 Å². The molecule has 2 atom stereocenters. The van der Waals surface area contributed by atoms with Crippen LogP contribution in [0.5, 0.6) is 0 Å². The van der Waals surface area contributed by atoms with Gasteiger partial charge in [0.25, 0.3) is 0 Å². The van der Waals surface area contributed by atoms with Crippen molar-refractivity contribution in [3.8, 4) is 0 Å². The van der Waals surface area contributed by atoms with Gasteiger partial charge in [-0.1, -0.05) is 65.3 Å². The maximum Gasteiger partial charge on any atom is 0.242 e. The molecule has 1 N–H and O–H groups in total. The molecule has 2 aromatic rings. The van der Waals surface area contributed by atoms with Gasteiger partial charge in [0.15, 0.2) is 0 Å². The van der Waals surface area contributed by atoms with Gasteiger partial charge in [-0.25, -0.2) is 0 Å². The fraction of sp³-hybridized carbons (Fsp3) is 0.391. The monoisotopic (exact) mass is 476 g/mol. The van der Waals surface area contributed by atoms with Gasteiger partial charge in [-0.15, -0.1) is 11.8 Å². The third kappa shape index (κ3) is 7.86. The standard InChI is InChI=1S/C23H29BrN2O2S/c1-4-17(2)25-23(28)18(3)26(14-19-8-6-5-7-9-19)22(27)16-29-15-20-10-12-21(24)13-11-20/h5-13,17-18H,4,14-16H2,1-3H3,(H,25,28)/t17-,18-/m1/s1. The van der Waals surface area contributed by atoms with Crippen LogP contribution in [0.25, 0.3) is 0 Å². The number of rotatable bonds is 10. The molecule has 0 heterocycles. The molecule has 0 saturated heterocycles. The van der Waals surface area contributed by atoms with Crippen LogP contribution in [-0.2, 0) is 21.9 Å². The number of nitrogens with one attached hydrogen (secondary N) is 1. The number of hydrogen-bond acceptors (Lipinski definition) is 3. The summed E-state index contributed by atoms with van der Waals surface area (Å²) in [6.45, 7) is 6.23. The van der Waals surface area contributed by atoms with Crippen molar-refractivity contribution < 1.29 is 9.59 Å². The van der Waals surface area contributed by atoms with Crippen LogP contribution in [0.15, 0.2) is 59.1 Å². The molecule has 0 unspecified atom stereocenters.